The van der Waals surface area contributed by atoms with Crippen LogP contribution in [0.4, 0.5) is 18.9 Å². The maximum Gasteiger partial charge on any atom is 0.259 e. The molecule has 4 rings (SSSR count). The van der Waals surface area contributed by atoms with Crippen molar-refractivity contribution < 1.29 is 18.0 Å². The lowest BCUT2D eigenvalue weighted by Gasteiger charge is -2.12. The summed E-state index contributed by atoms with van der Waals surface area (Å²) in [6.07, 6.45) is 4.30. The van der Waals surface area contributed by atoms with Crippen molar-refractivity contribution >= 4 is 11.6 Å². The first-order valence-electron chi connectivity index (χ1n) is 8.81. The molecule has 2 aromatic carbocycles. The predicted molar refractivity (Wildman–Crippen MR) is 105 cm³/mol. The van der Waals surface area contributed by atoms with Crippen LogP contribution in [0.5, 0.6) is 0 Å². The Balaban J connectivity index is 1.79. The molecule has 0 aliphatic rings. The average Bonchev–Trinajstić information content (AvgIpc) is 2.77. The van der Waals surface area contributed by atoms with Crippen LogP contribution in [0.25, 0.3) is 22.6 Å². The fourth-order valence-corrected chi connectivity index (χ4v) is 2.81. The molecule has 148 valence electrons. The first-order chi connectivity index (χ1) is 14.5. The second-order valence-electron chi connectivity index (χ2n) is 6.25. The molecule has 5 nitrogen and oxygen atoms in total. The van der Waals surface area contributed by atoms with Gasteiger partial charge in [0.25, 0.3) is 5.91 Å². The molecular weight excluding hydrogens is 393 g/mol. The Morgan fingerprint density at radius 1 is 0.833 bits per heavy atom. The minimum absolute atomic E-state index is 0.00900. The second-order valence-corrected chi connectivity index (χ2v) is 6.25. The summed E-state index contributed by atoms with van der Waals surface area (Å²) in [6, 6.07) is 12.1. The molecule has 2 heterocycles. The number of hydrogen-bond donors (Lipinski definition) is 1. The van der Waals surface area contributed by atoms with Gasteiger partial charge in [0.1, 0.15) is 23.1 Å². The Kier molecular flexibility index (Phi) is 5.21. The van der Waals surface area contributed by atoms with Gasteiger partial charge in [-0.3, -0.25) is 9.78 Å². The molecule has 8 heteroatoms. The van der Waals surface area contributed by atoms with E-state index in [2.05, 4.69) is 20.3 Å². The summed E-state index contributed by atoms with van der Waals surface area (Å²) in [6.45, 7) is 0. The summed E-state index contributed by atoms with van der Waals surface area (Å²) < 4.78 is 41.1. The molecule has 0 spiro atoms. The van der Waals surface area contributed by atoms with Gasteiger partial charge in [-0.15, -0.1) is 0 Å². The molecule has 0 radical (unpaired) electrons. The predicted octanol–water partition coefficient (Wildman–Crippen LogP) is 4.88. The Morgan fingerprint density at radius 2 is 1.50 bits per heavy atom. The topological polar surface area (TPSA) is 67.8 Å². The van der Waals surface area contributed by atoms with Gasteiger partial charge < -0.3 is 5.32 Å². The van der Waals surface area contributed by atoms with E-state index >= 15 is 0 Å². The molecule has 1 N–H and O–H groups in total. The van der Waals surface area contributed by atoms with Gasteiger partial charge in [-0.2, -0.15) is 0 Å². The molecule has 30 heavy (non-hydrogen) atoms. The first kappa shape index (κ1) is 19.3. The van der Waals surface area contributed by atoms with Gasteiger partial charge in [0.2, 0.25) is 0 Å². The van der Waals surface area contributed by atoms with Crippen LogP contribution in [-0.2, 0) is 0 Å². The van der Waals surface area contributed by atoms with Crippen LogP contribution < -0.4 is 5.32 Å². The summed E-state index contributed by atoms with van der Waals surface area (Å²) in [5.74, 6) is -2.74. The summed E-state index contributed by atoms with van der Waals surface area (Å²) in [4.78, 5) is 25.4. The Morgan fingerprint density at radius 3 is 2.17 bits per heavy atom. The van der Waals surface area contributed by atoms with E-state index in [1.807, 2.05) is 0 Å². The third-order valence-electron chi connectivity index (χ3n) is 4.29. The highest BCUT2D eigenvalue weighted by atomic mass is 19.1. The van der Waals surface area contributed by atoms with Crippen molar-refractivity contribution in [3.8, 4) is 22.6 Å². The number of aromatic nitrogens is 3. The lowest BCUT2D eigenvalue weighted by atomic mass is 10.1. The minimum Gasteiger partial charge on any atom is -0.317 e. The van der Waals surface area contributed by atoms with Gasteiger partial charge >= 0.3 is 0 Å². The number of pyridine rings is 1. The normalized spacial score (nSPS) is 10.6. The number of hydrogen-bond acceptors (Lipinski definition) is 4. The number of carbonyl (C=O) groups is 1. The lowest BCUT2D eigenvalue weighted by Crippen LogP contribution is -2.16. The van der Waals surface area contributed by atoms with Crippen molar-refractivity contribution in [3.63, 3.8) is 0 Å². The van der Waals surface area contributed by atoms with E-state index < -0.39 is 29.0 Å². The standard InChI is InChI=1S/C22H13F3N4O/c23-15-6-4-14(5-7-15)21-27-12-16(19(28-21)13-8-10-26-11-9-13)22(30)29-20-17(24)2-1-3-18(20)25/h1-12H,(H,29,30). The van der Waals surface area contributed by atoms with Crippen molar-refractivity contribution in [2.45, 2.75) is 0 Å². The molecule has 1 amide bonds. The largest absolute Gasteiger partial charge is 0.317 e. The van der Waals surface area contributed by atoms with Crippen LogP contribution in [-0.4, -0.2) is 20.9 Å². The van der Waals surface area contributed by atoms with Crippen LogP contribution in [0.2, 0.25) is 0 Å². The zero-order chi connectivity index (χ0) is 21.1. The monoisotopic (exact) mass is 406 g/mol. The first-order valence-corrected chi connectivity index (χ1v) is 8.81. The number of carbonyl (C=O) groups excluding carboxylic acids is 1. The number of halogens is 3. The van der Waals surface area contributed by atoms with Crippen molar-refractivity contribution in [3.05, 3.63) is 96.2 Å². The molecule has 0 bridgehead atoms. The number of rotatable bonds is 4. The summed E-state index contributed by atoms with van der Waals surface area (Å²) in [5.41, 5.74) is 0.773. The number of anilines is 1. The molecule has 4 aromatic rings. The molecule has 0 atom stereocenters. The van der Waals surface area contributed by atoms with E-state index in [0.717, 1.165) is 12.1 Å². The summed E-state index contributed by atoms with van der Waals surface area (Å²) in [7, 11) is 0. The maximum absolute atomic E-state index is 13.9. The van der Waals surface area contributed by atoms with Crippen molar-refractivity contribution in [1.29, 1.82) is 0 Å². The fraction of sp³-hybridized carbons (Fsp3) is 0. The van der Waals surface area contributed by atoms with Gasteiger partial charge in [0, 0.05) is 29.7 Å². The Bertz CT molecular complexity index is 1190. The van der Waals surface area contributed by atoms with E-state index in [-0.39, 0.29) is 17.1 Å². The zero-order valence-corrected chi connectivity index (χ0v) is 15.3. The maximum atomic E-state index is 13.9. The zero-order valence-electron chi connectivity index (χ0n) is 15.3. The number of benzene rings is 2. The molecule has 0 aliphatic carbocycles. The van der Waals surface area contributed by atoms with Gasteiger partial charge in [-0.1, -0.05) is 6.07 Å². The Labute approximate surface area is 169 Å². The van der Waals surface area contributed by atoms with Crippen molar-refractivity contribution in [1.82, 2.24) is 15.0 Å². The minimum atomic E-state index is -0.905. The van der Waals surface area contributed by atoms with Gasteiger partial charge in [-0.05, 0) is 48.5 Å². The van der Waals surface area contributed by atoms with Gasteiger partial charge in [0.05, 0.1) is 11.3 Å². The second kappa shape index (κ2) is 8.12. The number of nitrogens with zero attached hydrogens (tertiary/aromatic N) is 3. The highest BCUT2D eigenvalue weighted by molar-refractivity contribution is 6.08. The third-order valence-corrected chi connectivity index (χ3v) is 4.29. The van der Waals surface area contributed by atoms with Gasteiger partial charge in [-0.25, -0.2) is 23.1 Å². The van der Waals surface area contributed by atoms with Crippen molar-refractivity contribution in [2.75, 3.05) is 5.32 Å². The van der Waals surface area contributed by atoms with E-state index in [1.165, 1.54) is 48.9 Å². The number of para-hydroxylation sites is 1. The molecule has 0 unspecified atom stereocenters. The van der Waals surface area contributed by atoms with E-state index in [9.17, 15) is 18.0 Å². The van der Waals surface area contributed by atoms with E-state index in [0.29, 0.717) is 11.1 Å². The summed E-state index contributed by atoms with van der Waals surface area (Å²) in [5, 5.41) is 2.24. The molecule has 0 aliphatic heterocycles. The van der Waals surface area contributed by atoms with Crippen LogP contribution >= 0.6 is 0 Å². The van der Waals surface area contributed by atoms with Crippen molar-refractivity contribution in [2.24, 2.45) is 0 Å². The highest BCUT2D eigenvalue weighted by Crippen LogP contribution is 2.26. The molecule has 0 saturated heterocycles. The number of amides is 1. The Hall–Kier alpha value is -4.07. The smallest absolute Gasteiger partial charge is 0.259 e. The SMILES string of the molecule is O=C(Nc1c(F)cccc1F)c1cnc(-c2ccc(F)cc2)nc1-c1ccncc1. The summed E-state index contributed by atoms with van der Waals surface area (Å²) >= 11 is 0. The molecule has 2 aromatic heterocycles. The van der Waals surface area contributed by atoms with Crippen LogP contribution in [0.15, 0.2) is 73.2 Å². The average molecular weight is 406 g/mol. The molecule has 0 fully saturated rings. The third kappa shape index (κ3) is 3.88. The number of nitrogens with one attached hydrogen (secondary N) is 1. The highest BCUT2D eigenvalue weighted by Gasteiger charge is 2.20. The quantitative estimate of drug-likeness (QED) is 0.525. The van der Waals surface area contributed by atoms with E-state index in [4.69, 9.17) is 0 Å². The van der Waals surface area contributed by atoms with Crippen LogP contribution in [0, 0.1) is 17.5 Å². The fourth-order valence-electron chi connectivity index (χ4n) is 2.81. The lowest BCUT2D eigenvalue weighted by molar-refractivity contribution is 0.102. The van der Waals surface area contributed by atoms with E-state index in [1.54, 1.807) is 12.1 Å². The van der Waals surface area contributed by atoms with Crippen LogP contribution in [0.1, 0.15) is 10.4 Å². The van der Waals surface area contributed by atoms with Gasteiger partial charge in [0.15, 0.2) is 5.82 Å². The van der Waals surface area contributed by atoms with Crippen LogP contribution in [0.3, 0.4) is 0 Å². The molecular formula is C22H13F3N4O. The molecule has 0 saturated carbocycles.